The summed E-state index contributed by atoms with van der Waals surface area (Å²) in [5, 5.41) is 5.15. The molecular formula is C18H12ClF3N4O. The average Bonchev–Trinajstić information content (AvgIpc) is 2.63. The van der Waals surface area contributed by atoms with Gasteiger partial charge in [0.05, 0.1) is 11.3 Å². The third kappa shape index (κ3) is 4.73. The number of anilines is 3. The number of rotatable bonds is 4. The van der Waals surface area contributed by atoms with E-state index in [9.17, 15) is 18.0 Å². The standard InChI is InChI=1S/C18H12ClF3N4O/c19-11-6-7-14(13(8-11)18(20,21)22)26-16-9-15(23-10-24-16)17(27)25-12-4-2-1-3-5-12/h1-10H,(H,25,27)(H,23,24,26). The molecule has 0 aliphatic carbocycles. The average molecular weight is 393 g/mol. The van der Waals surface area contributed by atoms with Crippen molar-refractivity contribution in [1.82, 2.24) is 9.97 Å². The molecule has 1 aromatic heterocycles. The van der Waals surface area contributed by atoms with E-state index in [-0.39, 0.29) is 22.2 Å². The summed E-state index contributed by atoms with van der Waals surface area (Å²) in [6, 6.07) is 13.3. The number of aromatic nitrogens is 2. The van der Waals surface area contributed by atoms with Crippen LogP contribution in [0.3, 0.4) is 0 Å². The minimum atomic E-state index is -4.60. The molecule has 3 rings (SSSR count). The van der Waals surface area contributed by atoms with E-state index >= 15 is 0 Å². The van der Waals surface area contributed by atoms with Crippen molar-refractivity contribution in [2.75, 3.05) is 10.6 Å². The zero-order chi connectivity index (χ0) is 19.4. The second-order valence-corrected chi connectivity index (χ2v) is 5.86. The van der Waals surface area contributed by atoms with Crippen LogP contribution >= 0.6 is 11.6 Å². The van der Waals surface area contributed by atoms with Crippen molar-refractivity contribution in [2.45, 2.75) is 6.18 Å². The fourth-order valence-corrected chi connectivity index (χ4v) is 2.44. The number of benzene rings is 2. The number of carbonyl (C=O) groups excluding carboxylic acids is 1. The van der Waals surface area contributed by atoms with Gasteiger partial charge in [0.25, 0.3) is 5.91 Å². The SMILES string of the molecule is O=C(Nc1ccccc1)c1cc(Nc2ccc(Cl)cc2C(F)(F)F)ncn1. The van der Waals surface area contributed by atoms with Crippen molar-refractivity contribution in [2.24, 2.45) is 0 Å². The van der Waals surface area contributed by atoms with Crippen LogP contribution in [0.1, 0.15) is 16.1 Å². The van der Waals surface area contributed by atoms with E-state index in [1.54, 1.807) is 30.3 Å². The molecule has 0 radical (unpaired) electrons. The van der Waals surface area contributed by atoms with E-state index < -0.39 is 17.6 Å². The highest BCUT2D eigenvalue weighted by atomic mass is 35.5. The Bertz CT molecular complexity index is 964. The smallest absolute Gasteiger partial charge is 0.340 e. The normalized spacial score (nSPS) is 11.1. The van der Waals surface area contributed by atoms with Crippen LogP contribution in [-0.4, -0.2) is 15.9 Å². The molecule has 0 saturated carbocycles. The van der Waals surface area contributed by atoms with Crippen LogP contribution in [0.5, 0.6) is 0 Å². The Balaban J connectivity index is 1.84. The Kier molecular flexibility index (Phi) is 5.27. The lowest BCUT2D eigenvalue weighted by Gasteiger charge is -2.14. The third-order valence-corrected chi connectivity index (χ3v) is 3.72. The van der Waals surface area contributed by atoms with E-state index in [4.69, 9.17) is 11.6 Å². The molecule has 2 aromatic carbocycles. The molecule has 1 amide bonds. The Hall–Kier alpha value is -3.13. The van der Waals surface area contributed by atoms with Gasteiger partial charge in [0.15, 0.2) is 0 Å². The molecule has 0 spiro atoms. The molecule has 27 heavy (non-hydrogen) atoms. The number of hydrogen-bond donors (Lipinski definition) is 2. The van der Waals surface area contributed by atoms with Gasteiger partial charge in [0.2, 0.25) is 0 Å². The molecule has 0 saturated heterocycles. The molecule has 1 heterocycles. The van der Waals surface area contributed by atoms with Crippen molar-refractivity contribution in [1.29, 1.82) is 0 Å². The molecular weight excluding hydrogens is 381 g/mol. The number of nitrogens with zero attached hydrogens (tertiary/aromatic N) is 2. The minimum absolute atomic E-state index is 0.00104. The number of amides is 1. The van der Waals surface area contributed by atoms with Gasteiger partial charge in [0.1, 0.15) is 17.8 Å². The molecule has 0 atom stereocenters. The van der Waals surface area contributed by atoms with Crippen LogP contribution in [0.25, 0.3) is 0 Å². The number of halogens is 4. The third-order valence-electron chi connectivity index (χ3n) is 3.48. The van der Waals surface area contributed by atoms with Gasteiger partial charge in [-0.05, 0) is 30.3 Å². The van der Waals surface area contributed by atoms with E-state index in [0.717, 1.165) is 12.4 Å². The van der Waals surface area contributed by atoms with Crippen molar-refractivity contribution >= 4 is 34.7 Å². The Labute approximate surface area is 157 Å². The van der Waals surface area contributed by atoms with Gasteiger partial charge in [-0.1, -0.05) is 29.8 Å². The predicted molar refractivity (Wildman–Crippen MR) is 96.2 cm³/mol. The second-order valence-electron chi connectivity index (χ2n) is 5.42. The number of carbonyl (C=O) groups is 1. The van der Waals surface area contributed by atoms with E-state index in [0.29, 0.717) is 5.69 Å². The van der Waals surface area contributed by atoms with Crippen LogP contribution in [0.15, 0.2) is 60.9 Å². The van der Waals surface area contributed by atoms with Gasteiger partial charge in [0, 0.05) is 16.8 Å². The van der Waals surface area contributed by atoms with Crippen LogP contribution in [0.2, 0.25) is 5.02 Å². The zero-order valence-corrected chi connectivity index (χ0v) is 14.3. The molecule has 9 heteroatoms. The zero-order valence-electron chi connectivity index (χ0n) is 13.6. The van der Waals surface area contributed by atoms with Gasteiger partial charge in [-0.25, -0.2) is 9.97 Å². The van der Waals surface area contributed by atoms with Crippen LogP contribution in [0.4, 0.5) is 30.4 Å². The lowest BCUT2D eigenvalue weighted by Crippen LogP contribution is -2.14. The first kappa shape index (κ1) is 18.7. The number of hydrogen-bond acceptors (Lipinski definition) is 4. The Morgan fingerprint density at radius 1 is 1.00 bits per heavy atom. The molecule has 0 fully saturated rings. The fourth-order valence-electron chi connectivity index (χ4n) is 2.26. The minimum Gasteiger partial charge on any atom is -0.340 e. The maximum absolute atomic E-state index is 13.2. The lowest BCUT2D eigenvalue weighted by molar-refractivity contribution is -0.136. The van der Waals surface area contributed by atoms with E-state index in [1.165, 1.54) is 18.2 Å². The summed E-state index contributed by atoms with van der Waals surface area (Å²) in [5.41, 5.74) is -0.615. The van der Waals surface area contributed by atoms with Crippen LogP contribution in [0, 0.1) is 0 Å². The topological polar surface area (TPSA) is 66.9 Å². The van der Waals surface area contributed by atoms with Crippen molar-refractivity contribution in [3.8, 4) is 0 Å². The Morgan fingerprint density at radius 3 is 2.44 bits per heavy atom. The summed E-state index contributed by atoms with van der Waals surface area (Å²) in [7, 11) is 0. The van der Waals surface area contributed by atoms with Crippen LogP contribution in [-0.2, 0) is 6.18 Å². The highest BCUT2D eigenvalue weighted by molar-refractivity contribution is 6.30. The quantitative estimate of drug-likeness (QED) is 0.644. The Morgan fingerprint density at radius 2 is 1.74 bits per heavy atom. The second kappa shape index (κ2) is 7.63. The summed E-state index contributed by atoms with van der Waals surface area (Å²) in [5.74, 6) is -0.477. The largest absolute Gasteiger partial charge is 0.418 e. The van der Waals surface area contributed by atoms with E-state index in [1.807, 2.05) is 0 Å². The molecule has 2 N–H and O–H groups in total. The van der Waals surface area contributed by atoms with Gasteiger partial charge in [-0.15, -0.1) is 0 Å². The molecule has 138 valence electrons. The predicted octanol–water partition coefficient (Wildman–Crippen LogP) is 5.14. The van der Waals surface area contributed by atoms with Crippen molar-refractivity contribution < 1.29 is 18.0 Å². The molecule has 3 aromatic rings. The first-order valence-electron chi connectivity index (χ1n) is 7.65. The fraction of sp³-hybridized carbons (Fsp3) is 0.0556. The monoisotopic (exact) mass is 392 g/mol. The first-order valence-corrected chi connectivity index (χ1v) is 8.03. The van der Waals surface area contributed by atoms with Crippen LogP contribution < -0.4 is 10.6 Å². The number of nitrogens with one attached hydrogen (secondary N) is 2. The maximum Gasteiger partial charge on any atom is 0.418 e. The van der Waals surface area contributed by atoms with E-state index in [2.05, 4.69) is 20.6 Å². The van der Waals surface area contributed by atoms with Crippen molar-refractivity contribution in [3.63, 3.8) is 0 Å². The molecule has 0 aliphatic rings. The lowest BCUT2D eigenvalue weighted by atomic mass is 10.1. The van der Waals surface area contributed by atoms with Gasteiger partial charge >= 0.3 is 6.18 Å². The molecule has 0 bridgehead atoms. The highest BCUT2D eigenvalue weighted by Gasteiger charge is 2.34. The number of alkyl halides is 3. The van der Waals surface area contributed by atoms with Gasteiger partial charge in [-0.3, -0.25) is 4.79 Å². The van der Waals surface area contributed by atoms with Crippen molar-refractivity contribution in [3.05, 3.63) is 77.2 Å². The highest BCUT2D eigenvalue weighted by Crippen LogP contribution is 2.37. The molecule has 0 aliphatic heterocycles. The molecule has 0 unspecified atom stereocenters. The van der Waals surface area contributed by atoms with Gasteiger partial charge in [-0.2, -0.15) is 13.2 Å². The van der Waals surface area contributed by atoms with Gasteiger partial charge < -0.3 is 10.6 Å². The summed E-state index contributed by atoms with van der Waals surface area (Å²) >= 11 is 5.66. The first-order chi connectivity index (χ1) is 12.8. The summed E-state index contributed by atoms with van der Waals surface area (Å²) in [6.07, 6.45) is -3.51. The summed E-state index contributed by atoms with van der Waals surface area (Å²) < 4.78 is 39.6. The number of para-hydroxylation sites is 1. The maximum atomic E-state index is 13.2. The summed E-state index contributed by atoms with van der Waals surface area (Å²) in [6.45, 7) is 0. The molecule has 5 nitrogen and oxygen atoms in total. The summed E-state index contributed by atoms with van der Waals surface area (Å²) in [4.78, 5) is 20.0.